The smallest absolute Gasteiger partial charge is 0.249 e. The Bertz CT molecular complexity index is 1390. The van der Waals surface area contributed by atoms with Crippen LogP contribution in [-0.2, 0) is 12.8 Å². The van der Waals surface area contributed by atoms with Crippen molar-refractivity contribution in [3.63, 3.8) is 0 Å². The molecule has 2 saturated carbocycles. The number of fused-ring (bicyclic) bond motifs is 2. The van der Waals surface area contributed by atoms with Crippen molar-refractivity contribution >= 4 is 11.8 Å². The first kappa shape index (κ1) is 33.1. The van der Waals surface area contributed by atoms with Gasteiger partial charge < -0.3 is 20.9 Å². The highest BCUT2D eigenvalue weighted by molar-refractivity contribution is 5.95. The summed E-state index contributed by atoms with van der Waals surface area (Å²) in [6.45, 7) is 10.4. The second-order valence-corrected chi connectivity index (χ2v) is 13.9. The molecule has 0 bridgehead atoms. The highest BCUT2D eigenvalue weighted by Crippen LogP contribution is 2.40. The average molecular weight is 627 g/mol. The third kappa shape index (κ3) is 6.97. The van der Waals surface area contributed by atoms with Crippen LogP contribution >= 0.6 is 0 Å². The van der Waals surface area contributed by atoms with Gasteiger partial charge in [0.15, 0.2) is 23.1 Å². The van der Waals surface area contributed by atoms with E-state index >= 15 is 0 Å². The largest absolute Gasteiger partial charge is 0.489 e. The number of ether oxygens (including phenoxy) is 2. The molecule has 0 saturated heterocycles. The van der Waals surface area contributed by atoms with E-state index in [0.717, 1.165) is 13.0 Å². The maximum absolute atomic E-state index is 14.0. The molecule has 4 N–H and O–H groups in total. The van der Waals surface area contributed by atoms with Crippen LogP contribution < -0.4 is 20.9 Å². The first-order valence-corrected chi connectivity index (χ1v) is 16.4. The highest BCUT2D eigenvalue weighted by atomic mass is 19.1. The molecule has 4 aliphatic rings. The van der Waals surface area contributed by atoms with Gasteiger partial charge in [0.05, 0.1) is 0 Å². The summed E-state index contributed by atoms with van der Waals surface area (Å²) in [6, 6.07) is 7.03. The van der Waals surface area contributed by atoms with Crippen molar-refractivity contribution in [3.8, 4) is 11.5 Å². The zero-order chi connectivity index (χ0) is 32.5. The van der Waals surface area contributed by atoms with E-state index in [9.17, 15) is 18.4 Å². The quantitative estimate of drug-likeness (QED) is 0.408. The fraction of sp³-hybridized carbons (Fsp3) is 0.600. The van der Waals surface area contributed by atoms with Gasteiger partial charge in [0.25, 0.3) is 0 Å². The number of carbonyl (C=O) groups excluding carboxylic acids is 2. The first-order valence-electron chi connectivity index (χ1n) is 16.4. The van der Waals surface area contributed by atoms with E-state index in [1.807, 2.05) is 0 Å². The van der Waals surface area contributed by atoms with Crippen molar-refractivity contribution in [2.45, 2.75) is 115 Å². The standard InChI is InChI=1S/C18H23FN2O2.C17H25FN2O2/c19-16-8-7-14(18(20)22)15-9-13(10-23-17(15)16)21(11-3-1-4-11)12-5-2-6-12;1-5-8-20(17(2,3)4)11-9-13-12(16(19)21)6-7-14(18)15(13)22-10-11/h7-8,11-13H,1-6,9-10H2,(H2,20,22);6-7,11H,5,8-10H2,1-4H3,(H2,19,21)/t13-;11-/m11/s1. The molecular formula is C35H48F2N4O4. The van der Waals surface area contributed by atoms with Crippen LogP contribution in [0, 0.1) is 11.6 Å². The molecule has 246 valence electrons. The van der Waals surface area contributed by atoms with Crippen LogP contribution in [0.1, 0.15) is 104 Å². The van der Waals surface area contributed by atoms with Crippen molar-refractivity contribution in [2.24, 2.45) is 11.5 Å². The monoisotopic (exact) mass is 626 g/mol. The minimum atomic E-state index is -0.543. The van der Waals surface area contributed by atoms with E-state index in [1.54, 1.807) is 0 Å². The fourth-order valence-corrected chi connectivity index (χ4v) is 7.29. The number of halogens is 2. The molecule has 0 spiro atoms. The molecule has 2 aromatic carbocycles. The highest BCUT2D eigenvalue weighted by Gasteiger charge is 2.41. The summed E-state index contributed by atoms with van der Waals surface area (Å²) in [6.07, 6.45) is 9.79. The zero-order valence-electron chi connectivity index (χ0n) is 27.0. The number of benzene rings is 2. The normalized spacial score (nSPS) is 21.3. The number of primary amides is 2. The summed E-state index contributed by atoms with van der Waals surface area (Å²) in [5.74, 6) is -1.49. The molecule has 2 aliphatic heterocycles. The Morgan fingerprint density at radius 3 is 1.60 bits per heavy atom. The third-order valence-electron chi connectivity index (χ3n) is 9.86. The van der Waals surface area contributed by atoms with Crippen molar-refractivity contribution < 1.29 is 27.8 Å². The Kier molecular flexibility index (Phi) is 10.0. The van der Waals surface area contributed by atoms with E-state index in [0.29, 0.717) is 60.4 Å². The maximum atomic E-state index is 14.0. The van der Waals surface area contributed by atoms with Crippen LogP contribution in [0.2, 0.25) is 0 Å². The van der Waals surface area contributed by atoms with Crippen LogP contribution in [-0.4, -0.2) is 71.1 Å². The summed E-state index contributed by atoms with van der Waals surface area (Å²) < 4.78 is 39.4. The molecule has 2 fully saturated rings. The number of hydrogen-bond acceptors (Lipinski definition) is 6. The molecule has 0 unspecified atom stereocenters. The molecule has 8 nitrogen and oxygen atoms in total. The van der Waals surface area contributed by atoms with E-state index in [-0.39, 0.29) is 29.1 Å². The van der Waals surface area contributed by atoms with Gasteiger partial charge in [-0.15, -0.1) is 0 Å². The molecule has 0 radical (unpaired) electrons. The Morgan fingerprint density at radius 1 is 0.778 bits per heavy atom. The van der Waals surface area contributed by atoms with Crippen molar-refractivity contribution in [3.05, 3.63) is 58.2 Å². The molecule has 10 heteroatoms. The number of hydrogen-bond donors (Lipinski definition) is 2. The summed E-state index contributed by atoms with van der Waals surface area (Å²) in [5.41, 5.74) is 12.9. The van der Waals surface area contributed by atoms with Gasteiger partial charge in [-0.1, -0.05) is 19.8 Å². The van der Waals surface area contributed by atoms with Gasteiger partial charge in [-0.25, -0.2) is 8.78 Å². The van der Waals surface area contributed by atoms with Gasteiger partial charge in [0.2, 0.25) is 11.8 Å². The third-order valence-corrected chi connectivity index (χ3v) is 9.86. The van der Waals surface area contributed by atoms with Gasteiger partial charge in [0, 0.05) is 52.0 Å². The first-order chi connectivity index (χ1) is 21.4. The summed E-state index contributed by atoms with van der Waals surface area (Å²) >= 11 is 0. The second kappa shape index (κ2) is 13.6. The topological polar surface area (TPSA) is 111 Å². The van der Waals surface area contributed by atoms with Crippen LogP contribution in [0.3, 0.4) is 0 Å². The van der Waals surface area contributed by atoms with E-state index in [4.69, 9.17) is 20.9 Å². The number of nitrogens with two attached hydrogens (primary N) is 2. The van der Waals surface area contributed by atoms with Crippen molar-refractivity contribution in [2.75, 3.05) is 19.8 Å². The lowest BCUT2D eigenvalue weighted by molar-refractivity contribution is -0.0194. The molecular weight excluding hydrogens is 578 g/mol. The van der Waals surface area contributed by atoms with E-state index in [2.05, 4.69) is 37.5 Å². The SMILES string of the molecule is CCCN([C@H]1COc2c(F)ccc(C(N)=O)c2C1)C(C)(C)C.NC(=O)c1ccc(F)c2c1C[C@@H](N(C1CCC1)C1CCC1)CO2. The van der Waals surface area contributed by atoms with Gasteiger partial charge in [-0.05, 0) is 96.5 Å². The van der Waals surface area contributed by atoms with Crippen LogP contribution in [0.5, 0.6) is 11.5 Å². The molecule has 2 amide bonds. The fourth-order valence-electron chi connectivity index (χ4n) is 7.29. The average Bonchev–Trinajstić information content (AvgIpc) is 2.93. The lowest BCUT2D eigenvalue weighted by Crippen LogP contribution is -2.57. The van der Waals surface area contributed by atoms with Crippen LogP contribution in [0.4, 0.5) is 8.78 Å². The maximum Gasteiger partial charge on any atom is 0.249 e. The number of carbonyl (C=O) groups is 2. The van der Waals surface area contributed by atoms with Gasteiger partial charge in [-0.3, -0.25) is 19.4 Å². The minimum absolute atomic E-state index is 0.0260. The zero-order valence-corrected chi connectivity index (χ0v) is 27.0. The van der Waals surface area contributed by atoms with E-state index < -0.39 is 23.4 Å². The molecule has 45 heavy (non-hydrogen) atoms. The Hall–Kier alpha value is -3.24. The molecule has 2 aromatic rings. The molecule has 6 rings (SSSR count). The Balaban J connectivity index is 0.000000178. The van der Waals surface area contributed by atoms with Gasteiger partial charge in [0.1, 0.15) is 13.2 Å². The lowest BCUT2D eigenvalue weighted by atomic mass is 9.82. The number of rotatable bonds is 8. The molecule has 0 aromatic heterocycles. The number of nitrogens with zero attached hydrogens (tertiary/aromatic N) is 2. The minimum Gasteiger partial charge on any atom is -0.489 e. The molecule has 2 atom stereocenters. The van der Waals surface area contributed by atoms with Crippen LogP contribution in [0.15, 0.2) is 24.3 Å². The molecule has 2 heterocycles. The predicted molar refractivity (Wildman–Crippen MR) is 170 cm³/mol. The summed E-state index contributed by atoms with van der Waals surface area (Å²) in [5, 5.41) is 0. The van der Waals surface area contributed by atoms with Crippen molar-refractivity contribution in [1.82, 2.24) is 9.80 Å². The second-order valence-electron chi connectivity index (χ2n) is 13.9. The van der Waals surface area contributed by atoms with Crippen LogP contribution in [0.25, 0.3) is 0 Å². The lowest BCUT2D eigenvalue weighted by Gasteiger charge is -2.51. The Labute approximate surface area is 265 Å². The summed E-state index contributed by atoms with van der Waals surface area (Å²) in [7, 11) is 0. The van der Waals surface area contributed by atoms with Crippen molar-refractivity contribution in [1.29, 1.82) is 0 Å². The predicted octanol–water partition coefficient (Wildman–Crippen LogP) is 5.37. The Morgan fingerprint density at radius 2 is 1.22 bits per heavy atom. The number of amides is 2. The van der Waals surface area contributed by atoms with Gasteiger partial charge in [-0.2, -0.15) is 0 Å². The molecule has 2 aliphatic carbocycles. The van der Waals surface area contributed by atoms with Gasteiger partial charge >= 0.3 is 0 Å². The summed E-state index contributed by atoms with van der Waals surface area (Å²) in [4.78, 5) is 28.3. The van der Waals surface area contributed by atoms with E-state index in [1.165, 1.54) is 62.8 Å².